The molecule has 16 heavy (non-hydrogen) atoms. The van der Waals surface area contributed by atoms with E-state index >= 15 is 0 Å². The van der Waals surface area contributed by atoms with Crippen LogP contribution in [0.3, 0.4) is 0 Å². The van der Waals surface area contributed by atoms with E-state index in [0.29, 0.717) is 24.7 Å². The van der Waals surface area contributed by atoms with Gasteiger partial charge >= 0.3 is 0 Å². The van der Waals surface area contributed by atoms with Gasteiger partial charge in [0.1, 0.15) is 0 Å². The minimum Gasteiger partial charge on any atom is -0.313 e. The van der Waals surface area contributed by atoms with Crippen LogP contribution in [0.1, 0.15) is 34.1 Å². The maximum absolute atomic E-state index is 8.41. The van der Waals surface area contributed by atoms with E-state index in [1.165, 1.54) is 0 Å². The van der Waals surface area contributed by atoms with Gasteiger partial charge in [-0.05, 0) is 26.8 Å². The minimum atomic E-state index is 0.400. The molecular weight excluding hydrogens is 200 g/mol. The molecule has 0 aromatic heterocycles. The zero-order valence-corrected chi connectivity index (χ0v) is 11.0. The molecule has 4 nitrogen and oxygen atoms in total. The largest absolute Gasteiger partial charge is 0.313 e. The molecule has 0 heterocycles. The zero-order valence-electron chi connectivity index (χ0n) is 11.0. The third-order valence-electron chi connectivity index (χ3n) is 2.43. The standard InChI is InChI=1S/C12H26N4/c1-10(2)16-9-12(4)14-7-5-11(3)15-8-6-13/h10-12,14-16H,5,7-9H2,1-4H3. The average molecular weight is 226 g/mol. The molecule has 0 aliphatic rings. The van der Waals surface area contributed by atoms with Crippen molar-refractivity contribution in [2.45, 2.75) is 52.2 Å². The van der Waals surface area contributed by atoms with Gasteiger partial charge in [0.2, 0.25) is 0 Å². The summed E-state index contributed by atoms with van der Waals surface area (Å²) in [6.07, 6.45) is 1.05. The Kier molecular flexibility index (Phi) is 9.21. The molecule has 0 bridgehead atoms. The van der Waals surface area contributed by atoms with E-state index in [1.54, 1.807) is 0 Å². The van der Waals surface area contributed by atoms with Crippen LogP contribution in [-0.4, -0.2) is 37.8 Å². The van der Waals surface area contributed by atoms with E-state index in [-0.39, 0.29) is 0 Å². The summed E-state index contributed by atoms with van der Waals surface area (Å²) < 4.78 is 0. The van der Waals surface area contributed by atoms with Crippen molar-refractivity contribution in [1.82, 2.24) is 16.0 Å². The molecule has 0 aliphatic heterocycles. The molecule has 0 fully saturated rings. The highest BCUT2D eigenvalue weighted by atomic mass is 15.0. The average Bonchev–Trinajstić information content (AvgIpc) is 2.23. The second kappa shape index (κ2) is 9.59. The van der Waals surface area contributed by atoms with Gasteiger partial charge in [0.15, 0.2) is 0 Å². The predicted octanol–water partition coefficient (Wildman–Crippen LogP) is 0.854. The van der Waals surface area contributed by atoms with Crippen LogP contribution in [0.2, 0.25) is 0 Å². The number of rotatable bonds is 9. The molecule has 0 rings (SSSR count). The first-order valence-electron chi connectivity index (χ1n) is 6.13. The summed E-state index contributed by atoms with van der Waals surface area (Å²) in [5.74, 6) is 0. The number of hydrogen-bond donors (Lipinski definition) is 3. The van der Waals surface area contributed by atoms with E-state index < -0.39 is 0 Å². The number of nitriles is 1. The summed E-state index contributed by atoms with van der Waals surface area (Å²) >= 11 is 0. The second-order valence-corrected chi connectivity index (χ2v) is 4.65. The van der Waals surface area contributed by atoms with Crippen LogP contribution in [0.5, 0.6) is 0 Å². The van der Waals surface area contributed by atoms with Gasteiger partial charge in [0, 0.05) is 24.7 Å². The molecule has 94 valence electrons. The number of hydrogen-bond acceptors (Lipinski definition) is 4. The van der Waals surface area contributed by atoms with Crippen LogP contribution >= 0.6 is 0 Å². The second-order valence-electron chi connectivity index (χ2n) is 4.65. The van der Waals surface area contributed by atoms with Crippen LogP contribution in [0.4, 0.5) is 0 Å². The first-order chi connectivity index (χ1) is 7.56. The molecule has 0 saturated heterocycles. The Bertz CT molecular complexity index is 198. The molecule has 0 aromatic carbocycles. The lowest BCUT2D eigenvalue weighted by Gasteiger charge is -2.18. The maximum atomic E-state index is 8.41. The van der Waals surface area contributed by atoms with Crippen molar-refractivity contribution in [1.29, 1.82) is 5.26 Å². The van der Waals surface area contributed by atoms with Crippen LogP contribution < -0.4 is 16.0 Å². The Balaban J connectivity index is 3.39. The topological polar surface area (TPSA) is 59.9 Å². The lowest BCUT2D eigenvalue weighted by atomic mass is 10.2. The molecule has 2 unspecified atom stereocenters. The summed E-state index contributed by atoms with van der Waals surface area (Å²) in [7, 11) is 0. The Morgan fingerprint density at radius 1 is 1.00 bits per heavy atom. The number of nitrogens with one attached hydrogen (secondary N) is 3. The third kappa shape index (κ3) is 9.91. The van der Waals surface area contributed by atoms with Crippen molar-refractivity contribution >= 4 is 0 Å². The minimum absolute atomic E-state index is 0.400. The van der Waals surface area contributed by atoms with Crippen molar-refractivity contribution in [3.63, 3.8) is 0 Å². The number of nitrogens with zero attached hydrogens (tertiary/aromatic N) is 1. The van der Waals surface area contributed by atoms with Gasteiger partial charge in [-0.1, -0.05) is 13.8 Å². The van der Waals surface area contributed by atoms with Crippen molar-refractivity contribution in [3.8, 4) is 6.07 Å². The predicted molar refractivity (Wildman–Crippen MR) is 68.3 cm³/mol. The molecule has 2 atom stereocenters. The highest BCUT2D eigenvalue weighted by Gasteiger charge is 2.04. The molecule has 0 saturated carbocycles. The quantitative estimate of drug-likeness (QED) is 0.510. The van der Waals surface area contributed by atoms with Gasteiger partial charge in [-0.3, -0.25) is 0 Å². The highest BCUT2D eigenvalue weighted by Crippen LogP contribution is 1.89. The fraction of sp³-hybridized carbons (Fsp3) is 0.917. The van der Waals surface area contributed by atoms with Crippen molar-refractivity contribution in [2.75, 3.05) is 19.6 Å². The normalized spacial score (nSPS) is 14.8. The van der Waals surface area contributed by atoms with Crippen molar-refractivity contribution in [3.05, 3.63) is 0 Å². The van der Waals surface area contributed by atoms with E-state index in [4.69, 9.17) is 5.26 Å². The monoisotopic (exact) mass is 226 g/mol. The third-order valence-corrected chi connectivity index (χ3v) is 2.43. The SMILES string of the molecule is CC(C)NCC(C)NCCC(C)NCC#N. The van der Waals surface area contributed by atoms with Gasteiger partial charge in [0.25, 0.3) is 0 Å². The van der Waals surface area contributed by atoms with E-state index in [1.807, 2.05) is 0 Å². The van der Waals surface area contributed by atoms with Gasteiger partial charge in [-0.25, -0.2) is 0 Å². The van der Waals surface area contributed by atoms with Crippen molar-refractivity contribution < 1.29 is 0 Å². The van der Waals surface area contributed by atoms with Crippen LogP contribution in [0.25, 0.3) is 0 Å². The van der Waals surface area contributed by atoms with Gasteiger partial charge in [0.05, 0.1) is 12.6 Å². The Morgan fingerprint density at radius 3 is 2.25 bits per heavy atom. The summed E-state index contributed by atoms with van der Waals surface area (Å²) in [5.41, 5.74) is 0. The zero-order chi connectivity index (χ0) is 12.4. The Labute approximate surface area is 99.8 Å². The van der Waals surface area contributed by atoms with Crippen molar-refractivity contribution in [2.24, 2.45) is 0 Å². The smallest absolute Gasteiger partial charge is 0.0843 e. The fourth-order valence-corrected chi connectivity index (χ4v) is 1.35. The molecular formula is C12H26N4. The Hall–Kier alpha value is -0.630. The molecule has 0 amide bonds. The lowest BCUT2D eigenvalue weighted by molar-refractivity contribution is 0.446. The first kappa shape index (κ1) is 15.4. The summed E-state index contributed by atoms with van der Waals surface area (Å²) in [6, 6.07) is 3.52. The summed E-state index contributed by atoms with van der Waals surface area (Å²) in [5, 5.41) is 18.4. The molecule has 0 aromatic rings. The molecule has 3 N–H and O–H groups in total. The van der Waals surface area contributed by atoms with Crippen LogP contribution in [0, 0.1) is 11.3 Å². The summed E-state index contributed by atoms with van der Waals surface area (Å²) in [6.45, 7) is 11.0. The maximum Gasteiger partial charge on any atom is 0.0843 e. The van der Waals surface area contributed by atoms with Gasteiger partial charge < -0.3 is 16.0 Å². The fourth-order valence-electron chi connectivity index (χ4n) is 1.35. The molecule has 0 aliphatic carbocycles. The Morgan fingerprint density at radius 2 is 1.69 bits per heavy atom. The van der Waals surface area contributed by atoms with Crippen LogP contribution in [0.15, 0.2) is 0 Å². The molecule has 0 radical (unpaired) electrons. The van der Waals surface area contributed by atoms with E-state index in [0.717, 1.165) is 19.5 Å². The van der Waals surface area contributed by atoms with Crippen LogP contribution in [-0.2, 0) is 0 Å². The first-order valence-corrected chi connectivity index (χ1v) is 6.13. The van der Waals surface area contributed by atoms with Gasteiger partial charge in [-0.15, -0.1) is 0 Å². The highest BCUT2D eigenvalue weighted by molar-refractivity contribution is 4.76. The van der Waals surface area contributed by atoms with E-state index in [9.17, 15) is 0 Å². The molecule has 4 heteroatoms. The lowest BCUT2D eigenvalue weighted by Crippen LogP contribution is -2.40. The van der Waals surface area contributed by atoms with E-state index in [2.05, 4.69) is 49.7 Å². The molecule has 0 spiro atoms. The summed E-state index contributed by atoms with van der Waals surface area (Å²) in [4.78, 5) is 0. The van der Waals surface area contributed by atoms with Gasteiger partial charge in [-0.2, -0.15) is 5.26 Å².